The number of carbonyl (C=O) groups is 3. The van der Waals surface area contributed by atoms with Gasteiger partial charge in [-0.1, -0.05) is 0 Å². The standard InChI is InChI=1S/C14H19N3O5/c1-9(18)16-12-6-10(4-5-11(12)15)17(7-13(19)21-2)8-14(20)22-3/h4-6H,7-8,15H2,1-3H3,(H,16,18). The quantitative estimate of drug-likeness (QED) is 0.577. The molecule has 0 aliphatic carbocycles. The molecule has 120 valence electrons. The molecular formula is C14H19N3O5. The van der Waals surface area contributed by atoms with Crippen LogP contribution in [-0.2, 0) is 23.9 Å². The van der Waals surface area contributed by atoms with Gasteiger partial charge in [0.2, 0.25) is 5.91 Å². The van der Waals surface area contributed by atoms with Gasteiger partial charge in [-0.3, -0.25) is 14.4 Å². The SMILES string of the molecule is COC(=O)CN(CC(=O)OC)c1ccc(N)c(NC(C)=O)c1. The molecular weight excluding hydrogens is 290 g/mol. The third-order valence-electron chi connectivity index (χ3n) is 2.81. The molecule has 0 aliphatic heterocycles. The molecule has 0 heterocycles. The van der Waals surface area contributed by atoms with Crippen molar-refractivity contribution < 1.29 is 23.9 Å². The van der Waals surface area contributed by atoms with Gasteiger partial charge in [0.15, 0.2) is 0 Å². The number of ether oxygens (including phenoxy) is 2. The van der Waals surface area contributed by atoms with Crippen LogP contribution in [0.2, 0.25) is 0 Å². The van der Waals surface area contributed by atoms with Crippen molar-refractivity contribution in [2.75, 3.05) is 43.3 Å². The van der Waals surface area contributed by atoms with E-state index in [0.717, 1.165) is 0 Å². The number of nitrogens with zero attached hydrogens (tertiary/aromatic N) is 1. The fourth-order valence-corrected chi connectivity index (χ4v) is 1.72. The minimum absolute atomic E-state index is 0.144. The van der Waals surface area contributed by atoms with Gasteiger partial charge in [-0.2, -0.15) is 0 Å². The summed E-state index contributed by atoms with van der Waals surface area (Å²) in [6, 6.07) is 4.78. The maximum atomic E-state index is 11.5. The molecule has 0 radical (unpaired) electrons. The van der Waals surface area contributed by atoms with E-state index in [0.29, 0.717) is 17.1 Å². The van der Waals surface area contributed by atoms with E-state index < -0.39 is 11.9 Å². The van der Waals surface area contributed by atoms with Crippen LogP contribution in [0.25, 0.3) is 0 Å². The maximum Gasteiger partial charge on any atom is 0.325 e. The van der Waals surface area contributed by atoms with Crippen LogP contribution in [-0.4, -0.2) is 45.2 Å². The van der Waals surface area contributed by atoms with E-state index in [1.54, 1.807) is 18.2 Å². The van der Waals surface area contributed by atoms with Crippen LogP contribution in [0.3, 0.4) is 0 Å². The van der Waals surface area contributed by atoms with Gasteiger partial charge in [-0.25, -0.2) is 0 Å². The molecule has 0 saturated carbocycles. The van der Waals surface area contributed by atoms with Gasteiger partial charge in [0.1, 0.15) is 13.1 Å². The predicted molar refractivity (Wildman–Crippen MR) is 81.4 cm³/mol. The van der Waals surface area contributed by atoms with E-state index in [9.17, 15) is 14.4 Å². The smallest absolute Gasteiger partial charge is 0.325 e. The first-order chi connectivity index (χ1) is 10.4. The number of rotatable bonds is 6. The van der Waals surface area contributed by atoms with Gasteiger partial charge in [0.25, 0.3) is 0 Å². The Bertz CT molecular complexity index is 556. The molecule has 3 N–H and O–H groups in total. The number of benzene rings is 1. The number of anilines is 3. The van der Waals surface area contributed by atoms with Gasteiger partial charge in [-0.05, 0) is 18.2 Å². The minimum atomic E-state index is -0.512. The Morgan fingerprint density at radius 1 is 1.14 bits per heavy atom. The third kappa shape index (κ3) is 4.97. The van der Waals surface area contributed by atoms with Crippen LogP contribution in [0.5, 0.6) is 0 Å². The molecule has 0 spiro atoms. The average molecular weight is 309 g/mol. The number of hydrogen-bond donors (Lipinski definition) is 2. The molecule has 1 aromatic carbocycles. The van der Waals surface area contributed by atoms with Crippen molar-refractivity contribution in [1.29, 1.82) is 0 Å². The zero-order valence-corrected chi connectivity index (χ0v) is 12.7. The van der Waals surface area contributed by atoms with Crippen molar-refractivity contribution in [1.82, 2.24) is 0 Å². The van der Waals surface area contributed by atoms with Gasteiger partial charge >= 0.3 is 11.9 Å². The Kier molecular flexibility index (Phi) is 6.18. The largest absolute Gasteiger partial charge is 0.468 e. The van der Waals surface area contributed by atoms with Crippen molar-refractivity contribution >= 4 is 34.9 Å². The number of methoxy groups -OCH3 is 2. The third-order valence-corrected chi connectivity index (χ3v) is 2.81. The highest BCUT2D eigenvalue weighted by Crippen LogP contribution is 2.25. The predicted octanol–water partition coefficient (Wildman–Crippen LogP) is 0.380. The summed E-state index contributed by atoms with van der Waals surface area (Å²) in [5.41, 5.74) is 7.06. The topological polar surface area (TPSA) is 111 Å². The summed E-state index contributed by atoms with van der Waals surface area (Å²) < 4.78 is 9.22. The van der Waals surface area contributed by atoms with Crippen molar-refractivity contribution in [3.05, 3.63) is 18.2 Å². The van der Waals surface area contributed by atoms with Gasteiger partial charge in [0.05, 0.1) is 25.6 Å². The molecule has 0 atom stereocenters. The lowest BCUT2D eigenvalue weighted by atomic mass is 10.2. The summed E-state index contributed by atoms with van der Waals surface area (Å²) in [4.78, 5) is 35.6. The number of carbonyl (C=O) groups excluding carboxylic acids is 3. The summed E-state index contributed by atoms with van der Waals surface area (Å²) in [5, 5.41) is 2.58. The molecule has 1 aromatic rings. The second kappa shape index (κ2) is 7.87. The van der Waals surface area contributed by atoms with Gasteiger partial charge < -0.3 is 25.4 Å². The lowest BCUT2D eigenvalue weighted by Crippen LogP contribution is -2.35. The monoisotopic (exact) mass is 309 g/mol. The van der Waals surface area contributed by atoms with Crippen molar-refractivity contribution in [2.24, 2.45) is 0 Å². The molecule has 8 heteroatoms. The first kappa shape index (κ1) is 17.3. The summed E-state index contributed by atoms with van der Waals surface area (Å²) >= 11 is 0. The minimum Gasteiger partial charge on any atom is -0.468 e. The van der Waals surface area contributed by atoms with Crippen LogP contribution in [0.4, 0.5) is 17.1 Å². The number of nitrogens with one attached hydrogen (secondary N) is 1. The van der Waals surface area contributed by atoms with Crippen LogP contribution in [0.15, 0.2) is 18.2 Å². The second-order valence-corrected chi connectivity index (χ2v) is 4.46. The van der Waals surface area contributed by atoms with Crippen molar-refractivity contribution in [3.8, 4) is 0 Å². The average Bonchev–Trinajstić information content (AvgIpc) is 2.48. The first-order valence-electron chi connectivity index (χ1n) is 6.43. The Labute approximate surface area is 128 Å². The fourth-order valence-electron chi connectivity index (χ4n) is 1.72. The summed E-state index contributed by atoms with van der Waals surface area (Å²) in [5.74, 6) is -1.31. The molecule has 22 heavy (non-hydrogen) atoms. The molecule has 8 nitrogen and oxygen atoms in total. The number of esters is 2. The molecule has 0 unspecified atom stereocenters. The van der Waals surface area contributed by atoms with Crippen molar-refractivity contribution in [2.45, 2.75) is 6.92 Å². The van der Waals surface area contributed by atoms with Crippen LogP contribution in [0, 0.1) is 0 Å². The van der Waals surface area contributed by atoms with E-state index in [1.165, 1.54) is 26.0 Å². The highest BCUT2D eigenvalue weighted by molar-refractivity contribution is 5.93. The van der Waals surface area contributed by atoms with Crippen LogP contribution < -0.4 is 16.0 Å². The van der Waals surface area contributed by atoms with E-state index in [4.69, 9.17) is 5.73 Å². The van der Waals surface area contributed by atoms with Gasteiger partial charge in [-0.15, -0.1) is 0 Å². The second-order valence-electron chi connectivity index (χ2n) is 4.46. The van der Waals surface area contributed by atoms with Crippen LogP contribution >= 0.6 is 0 Å². The zero-order chi connectivity index (χ0) is 16.7. The number of nitrogen functional groups attached to an aromatic ring is 1. The number of nitrogens with two attached hydrogens (primary N) is 1. The molecule has 1 rings (SSSR count). The van der Waals surface area contributed by atoms with E-state index in [1.807, 2.05) is 0 Å². The lowest BCUT2D eigenvalue weighted by molar-refractivity contribution is -0.140. The highest BCUT2D eigenvalue weighted by atomic mass is 16.5. The molecule has 0 fully saturated rings. The molecule has 0 aliphatic rings. The summed E-state index contributed by atoms with van der Waals surface area (Å²) in [6.45, 7) is 1.07. The maximum absolute atomic E-state index is 11.5. The molecule has 0 aromatic heterocycles. The summed E-state index contributed by atoms with van der Waals surface area (Å²) in [7, 11) is 2.51. The Morgan fingerprint density at radius 2 is 1.68 bits per heavy atom. The highest BCUT2D eigenvalue weighted by Gasteiger charge is 2.17. The molecule has 0 saturated heterocycles. The Hall–Kier alpha value is -2.77. The fraction of sp³-hybridized carbons (Fsp3) is 0.357. The Morgan fingerprint density at radius 3 is 2.14 bits per heavy atom. The molecule has 0 bridgehead atoms. The van der Waals surface area contributed by atoms with Gasteiger partial charge in [0, 0.05) is 12.6 Å². The lowest BCUT2D eigenvalue weighted by Gasteiger charge is -2.23. The first-order valence-corrected chi connectivity index (χ1v) is 6.43. The van der Waals surface area contributed by atoms with E-state index in [2.05, 4.69) is 14.8 Å². The van der Waals surface area contributed by atoms with Crippen molar-refractivity contribution in [3.63, 3.8) is 0 Å². The normalized spacial score (nSPS) is 9.77. The van der Waals surface area contributed by atoms with E-state index >= 15 is 0 Å². The Balaban J connectivity index is 3.09. The number of amides is 1. The summed E-state index contributed by atoms with van der Waals surface area (Å²) in [6.07, 6.45) is 0. The number of hydrogen-bond acceptors (Lipinski definition) is 7. The molecule has 1 amide bonds. The van der Waals surface area contributed by atoms with Crippen LogP contribution in [0.1, 0.15) is 6.92 Å². The zero-order valence-electron chi connectivity index (χ0n) is 12.7. The van der Waals surface area contributed by atoms with E-state index in [-0.39, 0.29) is 19.0 Å².